The summed E-state index contributed by atoms with van der Waals surface area (Å²) in [6.45, 7) is 0.0751. The van der Waals surface area contributed by atoms with E-state index >= 15 is 0 Å². The standard InChI is InChI=1S/C11H15N3O3/c1-17-10(15)7-13-11(16)14(12)8-9-5-3-2-4-6-9/h2-6H,7-8,12H2,1H3,(H,13,16). The predicted molar refractivity (Wildman–Crippen MR) is 61.6 cm³/mol. The highest BCUT2D eigenvalue weighted by molar-refractivity contribution is 5.80. The van der Waals surface area contributed by atoms with Crippen molar-refractivity contribution in [1.29, 1.82) is 0 Å². The maximum absolute atomic E-state index is 11.4. The van der Waals surface area contributed by atoms with Crippen molar-refractivity contribution in [3.8, 4) is 0 Å². The topological polar surface area (TPSA) is 84.7 Å². The van der Waals surface area contributed by atoms with Crippen LogP contribution >= 0.6 is 0 Å². The molecule has 6 heteroatoms. The number of methoxy groups -OCH3 is 1. The molecule has 6 nitrogen and oxygen atoms in total. The third kappa shape index (κ3) is 4.52. The van der Waals surface area contributed by atoms with Gasteiger partial charge in [-0.1, -0.05) is 30.3 Å². The first-order chi connectivity index (χ1) is 8.13. The fourth-order valence-corrected chi connectivity index (χ4v) is 1.17. The molecule has 0 fully saturated rings. The molecule has 1 aromatic rings. The Morgan fingerprint density at radius 1 is 1.35 bits per heavy atom. The monoisotopic (exact) mass is 237 g/mol. The molecule has 0 unspecified atom stereocenters. The summed E-state index contributed by atoms with van der Waals surface area (Å²) < 4.78 is 4.39. The van der Waals surface area contributed by atoms with Crippen LogP contribution in [0.25, 0.3) is 0 Å². The minimum Gasteiger partial charge on any atom is -0.468 e. The van der Waals surface area contributed by atoms with Crippen LogP contribution in [0.5, 0.6) is 0 Å². The van der Waals surface area contributed by atoms with E-state index in [0.29, 0.717) is 0 Å². The molecule has 0 aliphatic carbocycles. The van der Waals surface area contributed by atoms with Gasteiger partial charge in [-0.05, 0) is 5.56 Å². The van der Waals surface area contributed by atoms with Crippen LogP contribution in [0.4, 0.5) is 4.79 Å². The Morgan fingerprint density at radius 3 is 2.59 bits per heavy atom. The summed E-state index contributed by atoms with van der Waals surface area (Å²) in [5, 5.41) is 3.34. The molecule has 3 N–H and O–H groups in total. The lowest BCUT2D eigenvalue weighted by atomic mass is 10.2. The van der Waals surface area contributed by atoms with Crippen LogP contribution in [-0.4, -0.2) is 30.7 Å². The first-order valence-corrected chi connectivity index (χ1v) is 5.04. The molecule has 1 rings (SSSR count). The van der Waals surface area contributed by atoms with Crippen LogP contribution in [0.1, 0.15) is 5.56 Å². The Labute approximate surface area is 99.3 Å². The van der Waals surface area contributed by atoms with Crippen LogP contribution in [-0.2, 0) is 16.1 Å². The van der Waals surface area contributed by atoms with Crippen molar-refractivity contribution in [2.24, 2.45) is 5.84 Å². The SMILES string of the molecule is COC(=O)CNC(=O)N(N)Cc1ccccc1. The molecular weight excluding hydrogens is 222 g/mol. The van der Waals surface area contributed by atoms with Gasteiger partial charge in [0.15, 0.2) is 0 Å². The molecule has 0 saturated heterocycles. The van der Waals surface area contributed by atoms with Gasteiger partial charge in [0, 0.05) is 0 Å². The number of carbonyl (C=O) groups excluding carboxylic acids is 2. The Morgan fingerprint density at radius 2 is 2.00 bits per heavy atom. The van der Waals surface area contributed by atoms with Gasteiger partial charge in [0.2, 0.25) is 0 Å². The molecule has 0 atom stereocenters. The van der Waals surface area contributed by atoms with Crippen LogP contribution in [0.2, 0.25) is 0 Å². The number of benzene rings is 1. The summed E-state index contributed by atoms with van der Waals surface area (Å²) in [5.74, 6) is 5.02. The lowest BCUT2D eigenvalue weighted by molar-refractivity contribution is -0.139. The summed E-state index contributed by atoms with van der Waals surface area (Å²) in [7, 11) is 1.25. The molecule has 0 aliphatic rings. The molecule has 1 aromatic carbocycles. The first kappa shape index (κ1) is 13.0. The average Bonchev–Trinajstić information content (AvgIpc) is 2.36. The van der Waals surface area contributed by atoms with Crippen LogP contribution in [0, 0.1) is 0 Å². The Hall–Kier alpha value is -2.08. The summed E-state index contributed by atoms with van der Waals surface area (Å²) >= 11 is 0. The smallest absolute Gasteiger partial charge is 0.332 e. The van der Waals surface area contributed by atoms with Gasteiger partial charge in [-0.3, -0.25) is 9.80 Å². The highest BCUT2D eigenvalue weighted by Gasteiger charge is 2.10. The molecule has 0 radical (unpaired) electrons. The van der Waals surface area contributed by atoms with E-state index in [9.17, 15) is 9.59 Å². The fourth-order valence-electron chi connectivity index (χ4n) is 1.17. The number of nitrogens with zero attached hydrogens (tertiary/aromatic N) is 1. The largest absolute Gasteiger partial charge is 0.468 e. The second-order valence-corrected chi connectivity index (χ2v) is 3.35. The van der Waals surface area contributed by atoms with Crippen molar-refractivity contribution in [1.82, 2.24) is 10.3 Å². The van der Waals surface area contributed by atoms with E-state index in [2.05, 4.69) is 10.1 Å². The Balaban J connectivity index is 2.40. The van der Waals surface area contributed by atoms with Crippen molar-refractivity contribution in [2.45, 2.75) is 6.54 Å². The number of urea groups is 1. The van der Waals surface area contributed by atoms with E-state index in [4.69, 9.17) is 5.84 Å². The molecule has 0 saturated carbocycles. The van der Waals surface area contributed by atoms with Crippen LogP contribution in [0.15, 0.2) is 30.3 Å². The maximum Gasteiger partial charge on any atom is 0.332 e. The van der Waals surface area contributed by atoms with Crippen LogP contribution in [0.3, 0.4) is 0 Å². The van der Waals surface area contributed by atoms with Gasteiger partial charge in [0.05, 0.1) is 13.7 Å². The van der Waals surface area contributed by atoms with Gasteiger partial charge >= 0.3 is 12.0 Å². The predicted octanol–water partition coefficient (Wildman–Crippen LogP) is 0.245. The van der Waals surface area contributed by atoms with Crippen molar-refractivity contribution >= 4 is 12.0 Å². The highest BCUT2D eigenvalue weighted by atomic mass is 16.5. The molecule has 0 bridgehead atoms. The van der Waals surface area contributed by atoms with Gasteiger partial charge in [0.1, 0.15) is 6.54 Å². The number of carbonyl (C=O) groups is 2. The average molecular weight is 237 g/mol. The van der Waals surface area contributed by atoms with Gasteiger partial charge in [0.25, 0.3) is 0 Å². The zero-order chi connectivity index (χ0) is 12.7. The Kier molecular flexibility index (Phi) is 4.96. The molecule has 0 aliphatic heterocycles. The van der Waals surface area contributed by atoms with Crippen molar-refractivity contribution in [2.75, 3.05) is 13.7 Å². The van der Waals surface area contributed by atoms with E-state index in [1.807, 2.05) is 30.3 Å². The third-order valence-corrected chi connectivity index (χ3v) is 2.07. The second kappa shape index (κ2) is 6.49. The number of ether oxygens (including phenoxy) is 1. The van der Waals surface area contributed by atoms with E-state index in [1.54, 1.807) is 0 Å². The molecule has 0 aromatic heterocycles. The number of hydrogen-bond donors (Lipinski definition) is 2. The summed E-state index contributed by atoms with van der Waals surface area (Å²) in [6, 6.07) is 8.77. The zero-order valence-corrected chi connectivity index (χ0v) is 9.55. The Bertz CT molecular complexity index is 381. The number of nitrogens with two attached hydrogens (primary N) is 1. The van der Waals surface area contributed by atoms with E-state index in [1.165, 1.54) is 7.11 Å². The molecular formula is C11H15N3O3. The lowest BCUT2D eigenvalue weighted by Gasteiger charge is -2.16. The van der Waals surface area contributed by atoms with Crippen molar-refractivity contribution in [3.05, 3.63) is 35.9 Å². The molecule has 17 heavy (non-hydrogen) atoms. The zero-order valence-electron chi connectivity index (χ0n) is 9.55. The minimum atomic E-state index is -0.528. The number of hydrogen-bond acceptors (Lipinski definition) is 4. The van der Waals surface area contributed by atoms with Crippen molar-refractivity contribution in [3.63, 3.8) is 0 Å². The number of hydrazine groups is 1. The molecule has 2 amide bonds. The normalized spacial score (nSPS) is 9.53. The number of esters is 1. The number of amides is 2. The van der Waals surface area contributed by atoms with E-state index in [-0.39, 0.29) is 13.1 Å². The van der Waals surface area contributed by atoms with Gasteiger partial charge < -0.3 is 10.1 Å². The maximum atomic E-state index is 11.4. The van der Waals surface area contributed by atoms with Crippen molar-refractivity contribution < 1.29 is 14.3 Å². The van der Waals surface area contributed by atoms with Gasteiger partial charge in [-0.2, -0.15) is 0 Å². The molecule has 0 heterocycles. The summed E-state index contributed by atoms with van der Waals surface area (Å²) in [5.41, 5.74) is 0.906. The number of nitrogens with one attached hydrogen (secondary N) is 1. The van der Waals surface area contributed by atoms with E-state index < -0.39 is 12.0 Å². The highest BCUT2D eigenvalue weighted by Crippen LogP contribution is 2.00. The third-order valence-electron chi connectivity index (χ3n) is 2.07. The minimum absolute atomic E-state index is 0.197. The summed E-state index contributed by atoms with van der Waals surface area (Å²) in [4.78, 5) is 22.3. The summed E-state index contributed by atoms with van der Waals surface area (Å²) in [6.07, 6.45) is 0. The van der Waals surface area contributed by atoms with Gasteiger partial charge in [-0.25, -0.2) is 10.6 Å². The van der Waals surface area contributed by atoms with Crippen LogP contribution < -0.4 is 11.2 Å². The molecule has 92 valence electrons. The van der Waals surface area contributed by atoms with Gasteiger partial charge in [-0.15, -0.1) is 0 Å². The van der Waals surface area contributed by atoms with E-state index in [0.717, 1.165) is 10.6 Å². The first-order valence-electron chi connectivity index (χ1n) is 5.04. The fraction of sp³-hybridized carbons (Fsp3) is 0.273. The lowest BCUT2D eigenvalue weighted by Crippen LogP contribution is -2.45. The molecule has 0 spiro atoms. The second-order valence-electron chi connectivity index (χ2n) is 3.35. The quantitative estimate of drug-likeness (QED) is 0.340. The number of rotatable bonds is 4.